The minimum absolute atomic E-state index is 0.0705. The monoisotopic (exact) mass is 570 g/mol. The average Bonchev–Trinajstić information content (AvgIpc) is 3.31. The molecule has 0 spiro atoms. The van der Waals surface area contributed by atoms with Gasteiger partial charge in [0.25, 0.3) is 5.22 Å². The fourth-order valence-electron chi connectivity index (χ4n) is 5.17. The van der Waals surface area contributed by atoms with Gasteiger partial charge in [0.05, 0.1) is 6.54 Å². The number of thioether (sulfide) groups is 1. The molecule has 0 unspecified atom stereocenters. The minimum Gasteiger partial charge on any atom is -0.431 e. The van der Waals surface area contributed by atoms with E-state index in [4.69, 9.17) is 21.0 Å². The van der Waals surface area contributed by atoms with Gasteiger partial charge >= 0.3 is 0 Å². The van der Waals surface area contributed by atoms with Gasteiger partial charge in [-0.1, -0.05) is 83.1 Å². The number of rotatable bonds is 10. The zero-order valence-corrected chi connectivity index (χ0v) is 26.0. The van der Waals surface area contributed by atoms with Crippen LogP contribution in [-0.2, 0) is 4.79 Å². The Morgan fingerprint density at radius 2 is 1.59 bits per heavy atom. The highest BCUT2D eigenvalue weighted by Crippen LogP contribution is 2.35. The van der Waals surface area contributed by atoms with Crippen molar-refractivity contribution in [3.63, 3.8) is 0 Å². The van der Waals surface area contributed by atoms with E-state index in [1.807, 2.05) is 13.0 Å². The number of piperazine rings is 1. The summed E-state index contributed by atoms with van der Waals surface area (Å²) >= 11 is 8.10. The van der Waals surface area contributed by atoms with Gasteiger partial charge in [0.2, 0.25) is 5.91 Å². The second-order valence-corrected chi connectivity index (χ2v) is 13.0. The van der Waals surface area contributed by atoms with E-state index < -0.39 is 0 Å². The maximum absolute atomic E-state index is 13.0. The molecule has 1 aliphatic heterocycles. The molecule has 6 nitrogen and oxygen atoms in total. The van der Waals surface area contributed by atoms with Gasteiger partial charge in [-0.15, -0.1) is 0 Å². The maximum atomic E-state index is 13.0. The molecule has 212 valence electrons. The van der Waals surface area contributed by atoms with Crippen LogP contribution in [0.15, 0.2) is 33.9 Å². The van der Waals surface area contributed by atoms with E-state index >= 15 is 0 Å². The molecule has 0 atom stereocenters. The summed E-state index contributed by atoms with van der Waals surface area (Å²) in [5, 5.41) is 4.71. The topological polar surface area (TPSA) is 61.6 Å². The number of carbonyl (C=O) groups excluding carboxylic acids is 1. The van der Waals surface area contributed by atoms with Crippen molar-refractivity contribution in [1.82, 2.24) is 14.8 Å². The number of para-hydroxylation sites is 1. The lowest BCUT2D eigenvalue weighted by atomic mass is 9.92. The molecule has 39 heavy (non-hydrogen) atoms. The Hall–Kier alpha value is -2.06. The first-order chi connectivity index (χ1) is 18.5. The Bertz CT molecular complexity index is 1270. The zero-order valence-electron chi connectivity index (χ0n) is 24.4. The first-order valence-electron chi connectivity index (χ1n) is 14.1. The number of amides is 1. The first-order valence-corrected chi connectivity index (χ1v) is 15.5. The minimum atomic E-state index is 0.0705. The molecule has 8 heteroatoms. The number of halogens is 1. The van der Waals surface area contributed by atoms with Gasteiger partial charge < -0.3 is 9.73 Å². The van der Waals surface area contributed by atoms with E-state index in [0.717, 1.165) is 71.4 Å². The number of benzene rings is 2. The largest absolute Gasteiger partial charge is 0.431 e. The third kappa shape index (κ3) is 7.18. The van der Waals surface area contributed by atoms with Crippen LogP contribution in [0.5, 0.6) is 0 Å². The average molecular weight is 571 g/mol. The van der Waals surface area contributed by atoms with E-state index in [1.165, 1.54) is 11.1 Å². The smallest absolute Gasteiger partial charge is 0.256 e. The Balaban J connectivity index is 1.27. The SMILES string of the molecule is Cc1c(Cl)cc(C(C)C)c2oc(SCCN3CCN(CC(=O)Nc4c(C(C)C)cccc4C(C)C)CC3)nc12. The van der Waals surface area contributed by atoms with Crippen molar-refractivity contribution in [2.24, 2.45) is 0 Å². The number of nitrogens with one attached hydrogen (secondary N) is 1. The van der Waals surface area contributed by atoms with Crippen LogP contribution in [-0.4, -0.2) is 65.7 Å². The number of fused-ring (bicyclic) bond motifs is 1. The number of aryl methyl sites for hydroxylation is 1. The highest BCUT2D eigenvalue weighted by molar-refractivity contribution is 7.99. The van der Waals surface area contributed by atoms with Crippen molar-refractivity contribution in [1.29, 1.82) is 0 Å². The fourth-order valence-corrected chi connectivity index (χ4v) is 6.20. The zero-order chi connectivity index (χ0) is 28.3. The summed E-state index contributed by atoms with van der Waals surface area (Å²) in [5.41, 5.74) is 7.22. The van der Waals surface area contributed by atoms with Gasteiger partial charge in [-0.3, -0.25) is 14.6 Å². The van der Waals surface area contributed by atoms with Crippen molar-refractivity contribution in [3.05, 3.63) is 51.5 Å². The van der Waals surface area contributed by atoms with Gasteiger partial charge in [0, 0.05) is 54.8 Å². The van der Waals surface area contributed by atoms with Crippen LogP contribution >= 0.6 is 23.4 Å². The van der Waals surface area contributed by atoms with Crippen molar-refractivity contribution in [2.75, 3.05) is 50.3 Å². The number of carbonyl (C=O) groups is 1. The quantitative estimate of drug-likeness (QED) is 0.254. The van der Waals surface area contributed by atoms with Gasteiger partial charge in [0.1, 0.15) is 5.52 Å². The van der Waals surface area contributed by atoms with Crippen molar-refractivity contribution in [2.45, 2.75) is 71.4 Å². The lowest BCUT2D eigenvalue weighted by molar-refractivity contribution is -0.117. The number of aromatic nitrogens is 1. The highest BCUT2D eigenvalue weighted by Gasteiger charge is 2.22. The number of hydrogen-bond donors (Lipinski definition) is 1. The molecule has 0 bridgehead atoms. The molecule has 2 aromatic carbocycles. The molecule has 1 fully saturated rings. The van der Waals surface area contributed by atoms with Crippen molar-refractivity contribution < 1.29 is 9.21 Å². The standard InChI is InChI=1S/C31H43ClN4O2S/c1-19(2)23-9-8-10-24(20(3)4)29(23)33-27(37)18-36-13-11-35(12-14-36)15-16-39-31-34-28-22(7)26(32)17-25(21(5)6)30(28)38-31/h8-10,17,19-21H,11-16,18H2,1-7H3,(H,33,37). The summed E-state index contributed by atoms with van der Waals surface area (Å²) in [5.74, 6) is 2.00. The molecular formula is C31H43ClN4O2S. The summed E-state index contributed by atoms with van der Waals surface area (Å²) in [7, 11) is 0. The molecule has 1 amide bonds. The lowest BCUT2D eigenvalue weighted by Gasteiger charge is -2.34. The summed E-state index contributed by atoms with van der Waals surface area (Å²) in [6, 6.07) is 8.37. The number of oxazole rings is 1. The second kappa shape index (κ2) is 13.1. The third-order valence-corrected chi connectivity index (χ3v) is 8.79. The summed E-state index contributed by atoms with van der Waals surface area (Å²) in [6.07, 6.45) is 0. The molecule has 3 aromatic rings. The molecule has 2 heterocycles. The van der Waals surface area contributed by atoms with Gasteiger partial charge in [-0.05, 0) is 47.4 Å². The van der Waals surface area contributed by atoms with Crippen LogP contribution < -0.4 is 5.32 Å². The molecule has 1 aromatic heterocycles. The summed E-state index contributed by atoms with van der Waals surface area (Å²) in [6.45, 7) is 20.1. The Kier molecular flexibility index (Phi) is 10.0. The van der Waals surface area contributed by atoms with Crippen LogP contribution in [0.1, 0.15) is 81.5 Å². The Morgan fingerprint density at radius 1 is 1.00 bits per heavy atom. The Morgan fingerprint density at radius 3 is 2.18 bits per heavy atom. The number of nitrogens with zero attached hydrogens (tertiary/aromatic N) is 3. The molecule has 1 N–H and O–H groups in total. The normalized spacial score (nSPS) is 15.3. The van der Waals surface area contributed by atoms with Gasteiger partial charge in [-0.25, -0.2) is 4.98 Å². The van der Waals surface area contributed by atoms with Gasteiger partial charge in [0.15, 0.2) is 5.58 Å². The number of anilines is 1. The van der Waals surface area contributed by atoms with E-state index in [-0.39, 0.29) is 5.91 Å². The summed E-state index contributed by atoms with van der Waals surface area (Å²) in [4.78, 5) is 22.5. The van der Waals surface area contributed by atoms with Crippen LogP contribution in [0.4, 0.5) is 5.69 Å². The molecule has 1 aliphatic rings. The van der Waals surface area contributed by atoms with Crippen LogP contribution in [0, 0.1) is 6.92 Å². The number of hydrogen-bond acceptors (Lipinski definition) is 6. The van der Waals surface area contributed by atoms with E-state index in [9.17, 15) is 4.79 Å². The molecule has 1 saturated heterocycles. The maximum Gasteiger partial charge on any atom is 0.256 e. The first kappa shape index (κ1) is 29.9. The van der Waals surface area contributed by atoms with E-state index in [1.54, 1.807) is 11.8 Å². The Labute approximate surface area is 242 Å². The summed E-state index contributed by atoms with van der Waals surface area (Å²) < 4.78 is 6.16. The third-order valence-electron chi connectivity index (χ3n) is 7.59. The lowest BCUT2D eigenvalue weighted by Crippen LogP contribution is -2.49. The van der Waals surface area contributed by atoms with E-state index in [2.05, 4.69) is 74.9 Å². The van der Waals surface area contributed by atoms with E-state index in [0.29, 0.717) is 29.5 Å². The second-order valence-electron chi connectivity index (χ2n) is 11.5. The van der Waals surface area contributed by atoms with Gasteiger partial charge in [-0.2, -0.15) is 0 Å². The molecule has 4 rings (SSSR count). The van der Waals surface area contributed by atoms with Crippen LogP contribution in [0.2, 0.25) is 5.02 Å². The molecule has 0 aliphatic carbocycles. The predicted octanol–water partition coefficient (Wildman–Crippen LogP) is 7.51. The molecule has 0 saturated carbocycles. The van der Waals surface area contributed by atoms with Crippen LogP contribution in [0.25, 0.3) is 11.1 Å². The van der Waals surface area contributed by atoms with Crippen molar-refractivity contribution in [3.8, 4) is 0 Å². The predicted molar refractivity (Wildman–Crippen MR) is 165 cm³/mol. The van der Waals surface area contributed by atoms with Crippen molar-refractivity contribution >= 4 is 46.1 Å². The van der Waals surface area contributed by atoms with Crippen LogP contribution in [0.3, 0.4) is 0 Å². The molecular weight excluding hydrogens is 528 g/mol. The molecule has 0 radical (unpaired) electrons. The fraction of sp³-hybridized carbons (Fsp3) is 0.548. The highest BCUT2D eigenvalue weighted by atomic mass is 35.5.